The van der Waals surface area contributed by atoms with Gasteiger partial charge in [-0.2, -0.15) is 0 Å². The lowest BCUT2D eigenvalue weighted by Gasteiger charge is -2.24. The molecule has 0 aliphatic heterocycles. The van der Waals surface area contributed by atoms with Gasteiger partial charge in [0.1, 0.15) is 5.82 Å². The summed E-state index contributed by atoms with van der Waals surface area (Å²) in [5.41, 5.74) is 1.34. The minimum absolute atomic E-state index is 0.117. The van der Waals surface area contributed by atoms with E-state index in [2.05, 4.69) is 5.32 Å². The first kappa shape index (κ1) is 17.1. The molecule has 25 heavy (non-hydrogen) atoms. The Morgan fingerprint density at radius 1 is 1.04 bits per heavy atom. The lowest BCUT2D eigenvalue weighted by molar-refractivity contribution is -0.120. The van der Waals surface area contributed by atoms with Crippen LogP contribution in [0.2, 0.25) is 0 Å². The Morgan fingerprint density at radius 3 is 2.48 bits per heavy atom. The number of nitrogens with zero attached hydrogens (tertiary/aromatic N) is 1. The normalized spacial score (nSPS) is 12.3. The first-order valence-corrected chi connectivity index (χ1v) is 8.28. The van der Waals surface area contributed by atoms with E-state index in [9.17, 15) is 9.18 Å². The number of hydrogen-bond acceptors (Lipinski definition) is 2. The monoisotopic (exact) mass is 336 g/mol. The van der Waals surface area contributed by atoms with Gasteiger partial charge in [-0.3, -0.25) is 9.69 Å². The van der Waals surface area contributed by atoms with Gasteiger partial charge in [0.25, 0.3) is 0 Å². The second-order valence-electron chi connectivity index (χ2n) is 6.23. The second kappa shape index (κ2) is 7.45. The topological polar surface area (TPSA) is 32.3 Å². The summed E-state index contributed by atoms with van der Waals surface area (Å²) < 4.78 is 13.8. The van der Waals surface area contributed by atoms with Crippen molar-refractivity contribution >= 4 is 22.4 Å². The van der Waals surface area contributed by atoms with Crippen LogP contribution in [0.1, 0.15) is 12.5 Å². The highest BCUT2D eigenvalue weighted by Gasteiger charge is 2.19. The van der Waals surface area contributed by atoms with Crippen LogP contribution in [0.25, 0.3) is 10.8 Å². The average Bonchev–Trinajstić information content (AvgIpc) is 2.62. The predicted molar refractivity (Wildman–Crippen MR) is 99.9 cm³/mol. The molecule has 0 aliphatic rings. The van der Waals surface area contributed by atoms with E-state index in [-0.39, 0.29) is 17.8 Å². The summed E-state index contributed by atoms with van der Waals surface area (Å²) in [6.45, 7) is 2.19. The van der Waals surface area contributed by atoms with Crippen LogP contribution in [0.3, 0.4) is 0 Å². The van der Waals surface area contributed by atoms with E-state index in [1.165, 1.54) is 6.07 Å². The van der Waals surface area contributed by atoms with E-state index in [1.807, 2.05) is 61.3 Å². The zero-order valence-corrected chi connectivity index (χ0v) is 14.4. The van der Waals surface area contributed by atoms with Gasteiger partial charge in [0.05, 0.1) is 6.04 Å². The quantitative estimate of drug-likeness (QED) is 0.747. The zero-order valence-electron chi connectivity index (χ0n) is 14.4. The number of anilines is 1. The van der Waals surface area contributed by atoms with Gasteiger partial charge in [0.15, 0.2) is 0 Å². The molecular weight excluding hydrogens is 315 g/mol. The van der Waals surface area contributed by atoms with Crippen LogP contribution in [-0.2, 0) is 11.3 Å². The fourth-order valence-electron chi connectivity index (χ4n) is 2.75. The fraction of sp³-hybridized carbons (Fsp3) is 0.190. The molecular formula is C21H21FN2O. The van der Waals surface area contributed by atoms with Crippen molar-refractivity contribution in [3.8, 4) is 0 Å². The number of fused-ring (bicyclic) bond motifs is 1. The third-order valence-electron chi connectivity index (χ3n) is 4.44. The molecule has 1 unspecified atom stereocenters. The fourth-order valence-corrected chi connectivity index (χ4v) is 2.75. The summed E-state index contributed by atoms with van der Waals surface area (Å²) in [5.74, 6) is -0.370. The summed E-state index contributed by atoms with van der Waals surface area (Å²) in [6, 6.07) is 20.1. The maximum Gasteiger partial charge on any atom is 0.241 e. The maximum absolute atomic E-state index is 13.8. The van der Waals surface area contributed by atoms with Crippen LogP contribution in [0.5, 0.6) is 0 Å². The van der Waals surface area contributed by atoms with Crippen molar-refractivity contribution in [3.63, 3.8) is 0 Å². The Balaban J connectivity index is 1.67. The Kier molecular flexibility index (Phi) is 5.10. The molecule has 0 bridgehead atoms. The molecule has 1 atom stereocenters. The van der Waals surface area contributed by atoms with Crippen molar-refractivity contribution in [1.29, 1.82) is 0 Å². The molecule has 128 valence electrons. The van der Waals surface area contributed by atoms with Crippen molar-refractivity contribution < 1.29 is 9.18 Å². The number of carbonyl (C=O) groups is 1. The molecule has 0 saturated carbocycles. The van der Waals surface area contributed by atoms with Crippen LogP contribution in [0, 0.1) is 5.82 Å². The van der Waals surface area contributed by atoms with Crippen molar-refractivity contribution in [2.45, 2.75) is 19.5 Å². The third kappa shape index (κ3) is 4.03. The zero-order chi connectivity index (χ0) is 17.8. The van der Waals surface area contributed by atoms with E-state index in [0.29, 0.717) is 12.1 Å². The van der Waals surface area contributed by atoms with Gasteiger partial charge < -0.3 is 5.32 Å². The number of carbonyl (C=O) groups excluding carboxylic acids is 1. The summed E-state index contributed by atoms with van der Waals surface area (Å²) in [4.78, 5) is 14.3. The number of likely N-dealkylation sites (N-methyl/N-ethyl adjacent to an activating group) is 1. The first-order valence-electron chi connectivity index (χ1n) is 8.28. The lowest BCUT2D eigenvalue weighted by Crippen LogP contribution is -2.39. The molecule has 0 fully saturated rings. The van der Waals surface area contributed by atoms with Gasteiger partial charge in [-0.1, -0.05) is 48.5 Å². The smallest absolute Gasteiger partial charge is 0.241 e. The van der Waals surface area contributed by atoms with Gasteiger partial charge in [-0.25, -0.2) is 4.39 Å². The van der Waals surface area contributed by atoms with E-state index in [4.69, 9.17) is 0 Å². The molecule has 3 aromatic rings. The molecule has 3 aromatic carbocycles. The van der Waals surface area contributed by atoms with E-state index in [1.54, 1.807) is 18.2 Å². The minimum Gasteiger partial charge on any atom is -0.325 e. The van der Waals surface area contributed by atoms with Gasteiger partial charge in [0.2, 0.25) is 5.91 Å². The molecule has 1 amide bonds. The van der Waals surface area contributed by atoms with Crippen LogP contribution < -0.4 is 5.32 Å². The van der Waals surface area contributed by atoms with Crippen molar-refractivity contribution in [3.05, 3.63) is 78.1 Å². The van der Waals surface area contributed by atoms with Gasteiger partial charge in [-0.05, 0) is 42.9 Å². The molecule has 4 heteroatoms. The average molecular weight is 336 g/mol. The molecule has 0 spiro atoms. The van der Waals surface area contributed by atoms with Crippen molar-refractivity contribution in [2.24, 2.45) is 0 Å². The van der Waals surface area contributed by atoms with Gasteiger partial charge in [-0.15, -0.1) is 0 Å². The summed E-state index contributed by atoms with van der Waals surface area (Å²) in [6.07, 6.45) is 0. The van der Waals surface area contributed by atoms with Gasteiger partial charge in [0, 0.05) is 17.8 Å². The van der Waals surface area contributed by atoms with Crippen LogP contribution >= 0.6 is 0 Å². The van der Waals surface area contributed by atoms with E-state index >= 15 is 0 Å². The Bertz CT molecular complexity index is 894. The number of hydrogen-bond donors (Lipinski definition) is 1. The molecule has 3 nitrogen and oxygen atoms in total. The van der Waals surface area contributed by atoms with Crippen LogP contribution in [0.4, 0.5) is 10.1 Å². The molecule has 0 aromatic heterocycles. The van der Waals surface area contributed by atoms with Crippen molar-refractivity contribution in [2.75, 3.05) is 12.4 Å². The Morgan fingerprint density at radius 2 is 1.72 bits per heavy atom. The first-order chi connectivity index (χ1) is 12.0. The van der Waals surface area contributed by atoms with Crippen LogP contribution in [0.15, 0.2) is 66.7 Å². The molecule has 0 aliphatic carbocycles. The molecule has 1 N–H and O–H groups in total. The number of rotatable bonds is 5. The van der Waals surface area contributed by atoms with E-state index in [0.717, 1.165) is 16.5 Å². The summed E-state index contributed by atoms with van der Waals surface area (Å²) >= 11 is 0. The summed E-state index contributed by atoms with van der Waals surface area (Å²) in [5, 5.41) is 5.15. The second-order valence-corrected chi connectivity index (χ2v) is 6.23. The highest BCUT2D eigenvalue weighted by molar-refractivity contribution is 5.97. The maximum atomic E-state index is 13.8. The lowest BCUT2D eigenvalue weighted by atomic mass is 10.1. The van der Waals surface area contributed by atoms with E-state index < -0.39 is 0 Å². The number of halogens is 1. The number of nitrogens with one attached hydrogen (secondary N) is 1. The SMILES string of the molecule is CC(C(=O)Nc1ccc2ccccc2c1)N(C)Cc1ccccc1F. The highest BCUT2D eigenvalue weighted by Crippen LogP contribution is 2.19. The molecule has 3 rings (SSSR count). The van der Waals surface area contributed by atoms with Crippen molar-refractivity contribution in [1.82, 2.24) is 4.90 Å². The summed E-state index contributed by atoms with van der Waals surface area (Å²) in [7, 11) is 1.82. The number of benzene rings is 3. The Labute approximate surface area is 147 Å². The largest absolute Gasteiger partial charge is 0.325 e. The number of amides is 1. The highest BCUT2D eigenvalue weighted by atomic mass is 19.1. The molecule has 0 radical (unpaired) electrons. The molecule has 0 heterocycles. The Hall–Kier alpha value is -2.72. The third-order valence-corrected chi connectivity index (χ3v) is 4.44. The van der Waals surface area contributed by atoms with Crippen LogP contribution in [-0.4, -0.2) is 23.9 Å². The minimum atomic E-state index is -0.383. The standard InChI is InChI=1S/C21H21FN2O/c1-15(24(2)14-18-9-5-6-10-20(18)22)21(25)23-19-12-11-16-7-3-4-8-17(16)13-19/h3-13,15H,14H2,1-2H3,(H,23,25). The van der Waals surface area contributed by atoms with Gasteiger partial charge >= 0.3 is 0 Å². The molecule has 0 saturated heterocycles. The predicted octanol–water partition coefficient (Wildman–Crippen LogP) is 4.44.